The fraction of sp³-hybridized carbons (Fsp3) is 0.500. The molecule has 2 rings (SSSR count). The normalized spacial score (nSPS) is 17.6. The lowest BCUT2D eigenvalue weighted by molar-refractivity contribution is 0.232. The van der Waals surface area contributed by atoms with E-state index in [2.05, 4.69) is 10.2 Å². The van der Waals surface area contributed by atoms with Crippen LogP contribution in [0.1, 0.15) is 11.1 Å². The minimum Gasteiger partial charge on any atom is -0.392 e. The smallest absolute Gasteiger partial charge is 0.129 e. The van der Waals surface area contributed by atoms with Crippen LogP contribution in [-0.4, -0.2) is 36.2 Å². The van der Waals surface area contributed by atoms with Gasteiger partial charge >= 0.3 is 0 Å². The van der Waals surface area contributed by atoms with Gasteiger partial charge in [-0.15, -0.1) is 0 Å². The van der Waals surface area contributed by atoms with Crippen molar-refractivity contribution in [2.24, 2.45) is 0 Å². The fourth-order valence-corrected chi connectivity index (χ4v) is 1.94. The van der Waals surface area contributed by atoms with Crippen LogP contribution in [0.4, 0.5) is 4.39 Å². The second-order valence-corrected chi connectivity index (χ2v) is 4.11. The van der Waals surface area contributed by atoms with Gasteiger partial charge in [-0.05, 0) is 11.6 Å². The quantitative estimate of drug-likeness (QED) is 0.794. The number of aliphatic hydroxyl groups is 1. The zero-order chi connectivity index (χ0) is 11.4. The van der Waals surface area contributed by atoms with Gasteiger partial charge in [-0.25, -0.2) is 4.39 Å². The number of halogens is 1. The highest BCUT2D eigenvalue weighted by atomic mass is 19.1. The molecule has 0 atom stereocenters. The van der Waals surface area contributed by atoms with Crippen LogP contribution in [0.25, 0.3) is 0 Å². The lowest BCUT2D eigenvalue weighted by atomic mass is 10.1. The van der Waals surface area contributed by atoms with Crippen molar-refractivity contribution in [3.63, 3.8) is 0 Å². The number of hydrogen-bond donors (Lipinski definition) is 2. The molecule has 0 saturated carbocycles. The lowest BCUT2D eigenvalue weighted by Crippen LogP contribution is -2.42. The molecule has 1 aromatic rings. The van der Waals surface area contributed by atoms with Crippen molar-refractivity contribution in [2.45, 2.75) is 13.2 Å². The Morgan fingerprint density at radius 2 is 2.06 bits per heavy atom. The molecule has 0 unspecified atom stereocenters. The van der Waals surface area contributed by atoms with Gasteiger partial charge in [0, 0.05) is 38.3 Å². The molecule has 0 radical (unpaired) electrons. The van der Waals surface area contributed by atoms with Crippen LogP contribution in [0, 0.1) is 5.82 Å². The molecule has 1 heterocycles. The van der Waals surface area contributed by atoms with E-state index in [9.17, 15) is 4.39 Å². The van der Waals surface area contributed by atoms with Gasteiger partial charge in [0.15, 0.2) is 0 Å². The predicted octanol–water partition coefficient (Wildman–Crippen LogP) is 0.723. The maximum absolute atomic E-state index is 13.4. The van der Waals surface area contributed by atoms with Crippen LogP contribution in [0.15, 0.2) is 18.2 Å². The van der Waals surface area contributed by atoms with E-state index in [0.29, 0.717) is 5.56 Å². The van der Waals surface area contributed by atoms with Gasteiger partial charge in [-0.3, -0.25) is 4.90 Å². The van der Waals surface area contributed by atoms with E-state index in [-0.39, 0.29) is 12.4 Å². The Kier molecular flexibility index (Phi) is 3.88. The van der Waals surface area contributed by atoms with Gasteiger partial charge < -0.3 is 10.4 Å². The van der Waals surface area contributed by atoms with Crippen LogP contribution < -0.4 is 5.32 Å². The van der Waals surface area contributed by atoms with E-state index in [1.807, 2.05) is 6.07 Å². The molecule has 1 aromatic carbocycles. The van der Waals surface area contributed by atoms with Gasteiger partial charge in [0.25, 0.3) is 0 Å². The summed E-state index contributed by atoms with van der Waals surface area (Å²) < 4.78 is 13.4. The van der Waals surface area contributed by atoms with E-state index in [1.165, 1.54) is 6.07 Å². The Balaban J connectivity index is 2.01. The van der Waals surface area contributed by atoms with Crippen molar-refractivity contribution >= 4 is 0 Å². The molecule has 0 amide bonds. The van der Waals surface area contributed by atoms with Crippen LogP contribution in [-0.2, 0) is 13.2 Å². The van der Waals surface area contributed by atoms with E-state index >= 15 is 0 Å². The summed E-state index contributed by atoms with van der Waals surface area (Å²) in [5, 5.41) is 12.2. The minimum atomic E-state index is -0.310. The molecule has 2 N–H and O–H groups in total. The lowest BCUT2D eigenvalue weighted by Gasteiger charge is -2.27. The highest BCUT2D eigenvalue weighted by molar-refractivity contribution is 5.23. The number of benzene rings is 1. The van der Waals surface area contributed by atoms with Crippen molar-refractivity contribution < 1.29 is 9.50 Å². The minimum absolute atomic E-state index is 0.236. The summed E-state index contributed by atoms with van der Waals surface area (Å²) in [6, 6.07) is 5.07. The first-order chi connectivity index (χ1) is 7.79. The zero-order valence-electron chi connectivity index (χ0n) is 9.25. The summed E-state index contributed by atoms with van der Waals surface area (Å²) in [7, 11) is 0. The summed E-state index contributed by atoms with van der Waals surface area (Å²) in [5.74, 6) is -0.310. The second kappa shape index (κ2) is 5.39. The van der Waals surface area contributed by atoms with Gasteiger partial charge in [0.1, 0.15) is 5.82 Å². The van der Waals surface area contributed by atoms with E-state index in [4.69, 9.17) is 5.11 Å². The van der Waals surface area contributed by atoms with Gasteiger partial charge in [0.2, 0.25) is 0 Å². The van der Waals surface area contributed by atoms with Crippen LogP contribution in [0.3, 0.4) is 0 Å². The monoisotopic (exact) mass is 224 g/mol. The summed E-state index contributed by atoms with van der Waals surface area (Å²) in [5.41, 5.74) is 1.33. The highest BCUT2D eigenvalue weighted by Crippen LogP contribution is 2.12. The highest BCUT2D eigenvalue weighted by Gasteiger charge is 2.10. The van der Waals surface area contributed by atoms with E-state index in [0.717, 1.165) is 38.3 Å². The molecule has 1 saturated heterocycles. The van der Waals surface area contributed by atoms with Crippen molar-refractivity contribution in [2.75, 3.05) is 26.2 Å². The first kappa shape index (κ1) is 11.5. The molecule has 0 bridgehead atoms. The first-order valence-electron chi connectivity index (χ1n) is 5.61. The summed E-state index contributed by atoms with van der Waals surface area (Å²) in [6.45, 7) is 4.55. The molecule has 0 spiro atoms. The van der Waals surface area contributed by atoms with Crippen LogP contribution >= 0.6 is 0 Å². The topological polar surface area (TPSA) is 35.5 Å². The number of piperazine rings is 1. The Morgan fingerprint density at radius 1 is 1.31 bits per heavy atom. The molecule has 1 aliphatic rings. The Morgan fingerprint density at radius 3 is 2.69 bits per heavy atom. The molecule has 3 nitrogen and oxygen atoms in total. The van der Waals surface area contributed by atoms with Crippen molar-refractivity contribution in [1.82, 2.24) is 10.2 Å². The number of hydrogen-bond acceptors (Lipinski definition) is 3. The SMILES string of the molecule is OCc1ccc(CN2CCNCC2)cc1F. The zero-order valence-corrected chi connectivity index (χ0v) is 9.25. The molecule has 16 heavy (non-hydrogen) atoms. The molecular weight excluding hydrogens is 207 g/mol. The largest absolute Gasteiger partial charge is 0.392 e. The molecule has 0 aromatic heterocycles. The van der Waals surface area contributed by atoms with Gasteiger partial charge in [-0.2, -0.15) is 0 Å². The molecule has 88 valence electrons. The molecule has 4 heteroatoms. The third-order valence-corrected chi connectivity index (χ3v) is 2.90. The predicted molar refractivity (Wildman–Crippen MR) is 60.5 cm³/mol. The van der Waals surface area contributed by atoms with E-state index < -0.39 is 0 Å². The maximum atomic E-state index is 13.4. The number of nitrogens with zero attached hydrogens (tertiary/aromatic N) is 1. The third-order valence-electron chi connectivity index (χ3n) is 2.90. The van der Waals surface area contributed by atoms with Crippen molar-refractivity contribution in [3.8, 4) is 0 Å². The molecular formula is C12H17FN2O. The standard InChI is InChI=1S/C12H17FN2O/c13-12-7-10(1-2-11(12)9-16)8-15-5-3-14-4-6-15/h1-2,7,14,16H,3-6,8-9H2. The second-order valence-electron chi connectivity index (χ2n) is 4.11. The summed E-state index contributed by atoms with van der Waals surface area (Å²) >= 11 is 0. The summed E-state index contributed by atoms with van der Waals surface area (Å²) in [4.78, 5) is 2.30. The maximum Gasteiger partial charge on any atom is 0.129 e. The molecule has 1 fully saturated rings. The van der Waals surface area contributed by atoms with Crippen molar-refractivity contribution in [1.29, 1.82) is 0 Å². The average Bonchev–Trinajstić information content (AvgIpc) is 2.31. The van der Waals surface area contributed by atoms with Gasteiger partial charge in [0.05, 0.1) is 6.61 Å². The molecule has 1 aliphatic heterocycles. The Bertz CT molecular complexity index is 351. The Hall–Kier alpha value is -0.970. The first-order valence-corrected chi connectivity index (χ1v) is 5.61. The van der Waals surface area contributed by atoms with Crippen molar-refractivity contribution in [3.05, 3.63) is 35.1 Å². The molecule has 0 aliphatic carbocycles. The number of nitrogens with one attached hydrogen (secondary N) is 1. The van der Waals surface area contributed by atoms with Crippen LogP contribution in [0.5, 0.6) is 0 Å². The number of rotatable bonds is 3. The summed E-state index contributed by atoms with van der Waals surface area (Å²) in [6.07, 6.45) is 0. The van der Waals surface area contributed by atoms with E-state index in [1.54, 1.807) is 6.07 Å². The fourth-order valence-electron chi connectivity index (χ4n) is 1.94. The third kappa shape index (κ3) is 2.78. The Labute approximate surface area is 94.9 Å². The van der Waals surface area contributed by atoms with Gasteiger partial charge in [-0.1, -0.05) is 12.1 Å². The number of aliphatic hydroxyl groups excluding tert-OH is 1. The average molecular weight is 224 g/mol. The van der Waals surface area contributed by atoms with Crippen LogP contribution in [0.2, 0.25) is 0 Å².